The van der Waals surface area contributed by atoms with Crippen LogP contribution in [0.2, 0.25) is 0 Å². The topological polar surface area (TPSA) is 56.0 Å². The van der Waals surface area contributed by atoms with Crippen molar-refractivity contribution in [2.24, 2.45) is 13.0 Å². The summed E-state index contributed by atoms with van der Waals surface area (Å²) in [7, 11) is 1.66. The Morgan fingerprint density at radius 3 is 2.95 bits per heavy atom. The summed E-state index contributed by atoms with van der Waals surface area (Å²) in [5, 5.41) is 4.13. The van der Waals surface area contributed by atoms with E-state index in [1.54, 1.807) is 19.4 Å². The first kappa shape index (κ1) is 14.3. The maximum absolute atomic E-state index is 12.0. The maximum atomic E-state index is 12.0. The summed E-state index contributed by atoms with van der Waals surface area (Å²) in [6, 6.07) is 0.359. The van der Waals surface area contributed by atoms with E-state index in [-0.39, 0.29) is 5.56 Å². The van der Waals surface area contributed by atoms with Gasteiger partial charge in [-0.05, 0) is 28.3 Å². The first-order chi connectivity index (χ1) is 10.1. The van der Waals surface area contributed by atoms with Gasteiger partial charge in [0.2, 0.25) is 0 Å². The monoisotopic (exact) mass is 351 g/mol. The predicted molar refractivity (Wildman–Crippen MR) is 84.4 cm³/mol. The molecule has 1 fully saturated rings. The number of anilines is 1. The lowest BCUT2D eigenvalue weighted by molar-refractivity contribution is 0.298. The van der Waals surface area contributed by atoms with Crippen LogP contribution in [0.1, 0.15) is 19.4 Å². The minimum absolute atomic E-state index is 0.106. The van der Waals surface area contributed by atoms with Gasteiger partial charge in [-0.15, -0.1) is 0 Å². The number of nitrogens with zero attached hydrogens (tertiary/aromatic N) is 5. The lowest BCUT2D eigenvalue weighted by Crippen LogP contribution is -2.41. The van der Waals surface area contributed by atoms with Crippen molar-refractivity contribution in [1.82, 2.24) is 19.3 Å². The van der Waals surface area contributed by atoms with Gasteiger partial charge in [-0.3, -0.25) is 4.79 Å². The van der Waals surface area contributed by atoms with Gasteiger partial charge in [0.15, 0.2) is 0 Å². The molecule has 1 aliphatic heterocycles. The van der Waals surface area contributed by atoms with Gasteiger partial charge < -0.3 is 9.47 Å². The van der Waals surface area contributed by atoms with Crippen molar-refractivity contribution < 1.29 is 0 Å². The summed E-state index contributed by atoms with van der Waals surface area (Å²) >= 11 is 3.42. The molecule has 2 aromatic heterocycles. The molecule has 21 heavy (non-hydrogen) atoms. The van der Waals surface area contributed by atoms with Crippen molar-refractivity contribution >= 4 is 21.6 Å². The van der Waals surface area contributed by atoms with Crippen molar-refractivity contribution in [3.05, 3.63) is 39.7 Å². The summed E-state index contributed by atoms with van der Waals surface area (Å²) in [4.78, 5) is 18.4. The highest BCUT2D eigenvalue weighted by atomic mass is 79.9. The summed E-state index contributed by atoms with van der Waals surface area (Å²) in [5.41, 5.74) is 0.764. The molecule has 2 aromatic rings. The van der Waals surface area contributed by atoms with Crippen LogP contribution in [0.3, 0.4) is 0 Å². The van der Waals surface area contributed by atoms with Crippen LogP contribution in [-0.4, -0.2) is 32.4 Å². The fourth-order valence-electron chi connectivity index (χ4n) is 2.84. The summed E-state index contributed by atoms with van der Waals surface area (Å²) in [6.45, 7) is 4.05. The third-order valence-electron chi connectivity index (χ3n) is 4.23. The second-order valence-electron chi connectivity index (χ2n) is 5.56. The SMILES string of the molecule is CC1CCN(c2cnn(C)c(=O)c2Br)CC1n1ccnc1. The largest absolute Gasteiger partial charge is 0.367 e. The molecular formula is C14H18BrN5O. The molecule has 0 spiro atoms. The molecule has 2 unspecified atom stereocenters. The average molecular weight is 352 g/mol. The average Bonchev–Trinajstić information content (AvgIpc) is 3.00. The molecule has 3 heterocycles. The van der Waals surface area contributed by atoms with Crippen LogP contribution in [0.25, 0.3) is 0 Å². The van der Waals surface area contributed by atoms with Crippen molar-refractivity contribution in [1.29, 1.82) is 0 Å². The van der Waals surface area contributed by atoms with Gasteiger partial charge in [0.1, 0.15) is 4.47 Å². The Morgan fingerprint density at radius 1 is 1.43 bits per heavy atom. The van der Waals surface area contributed by atoms with Gasteiger partial charge in [-0.1, -0.05) is 6.92 Å². The molecule has 3 rings (SSSR count). The molecule has 0 radical (unpaired) electrons. The number of aryl methyl sites for hydroxylation is 1. The number of hydrogen-bond donors (Lipinski definition) is 0. The first-order valence-electron chi connectivity index (χ1n) is 7.02. The van der Waals surface area contributed by atoms with Gasteiger partial charge in [0.05, 0.1) is 24.3 Å². The minimum Gasteiger partial charge on any atom is -0.367 e. The van der Waals surface area contributed by atoms with E-state index in [1.165, 1.54) is 4.68 Å². The van der Waals surface area contributed by atoms with E-state index < -0.39 is 0 Å². The molecular weight excluding hydrogens is 334 g/mol. The van der Waals surface area contributed by atoms with E-state index >= 15 is 0 Å². The fourth-order valence-corrected chi connectivity index (χ4v) is 3.45. The zero-order valence-electron chi connectivity index (χ0n) is 12.1. The van der Waals surface area contributed by atoms with Crippen molar-refractivity contribution in [3.8, 4) is 0 Å². The van der Waals surface area contributed by atoms with E-state index in [1.807, 2.05) is 12.5 Å². The molecule has 0 N–H and O–H groups in total. The predicted octanol–water partition coefficient (Wildman–Crippen LogP) is 1.83. The second-order valence-corrected chi connectivity index (χ2v) is 6.35. The van der Waals surface area contributed by atoms with Gasteiger partial charge in [-0.2, -0.15) is 5.10 Å². The van der Waals surface area contributed by atoms with Crippen LogP contribution >= 0.6 is 15.9 Å². The quantitative estimate of drug-likeness (QED) is 0.828. The number of imidazole rings is 1. The Morgan fingerprint density at radius 2 is 2.24 bits per heavy atom. The third kappa shape index (κ3) is 2.62. The van der Waals surface area contributed by atoms with E-state index in [4.69, 9.17) is 0 Å². The number of halogens is 1. The minimum atomic E-state index is -0.106. The van der Waals surface area contributed by atoms with Crippen molar-refractivity contribution in [3.63, 3.8) is 0 Å². The number of piperidine rings is 1. The summed E-state index contributed by atoms with van der Waals surface area (Å²) in [5.74, 6) is 0.578. The Hall–Kier alpha value is -1.63. The van der Waals surface area contributed by atoms with Crippen molar-refractivity contribution in [2.75, 3.05) is 18.0 Å². The lowest BCUT2D eigenvalue weighted by Gasteiger charge is -2.39. The Bertz CT molecular complexity index is 681. The smallest absolute Gasteiger partial charge is 0.282 e. The van der Waals surface area contributed by atoms with E-state index in [0.717, 1.165) is 25.2 Å². The van der Waals surface area contributed by atoms with Crippen LogP contribution < -0.4 is 10.5 Å². The summed E-state index contributed by atoms with van der Waals surface area (Å²) < 4.78 is 4.08. The van der Waals surface area contributed by atoms with Crippen LogP contribution in [-0.2, 0) is 7.05 Å². The van der Waals surface area contributed by atoms with E-state index in [9.17, 15) is 4.79 Å². The van der Waals surface area contributed by atoms with Crippen molar-refractivity contribution in [2.45, 2.75) is 19.4 Å². The fraction of sp³-hybridized carbons (Fsp3) is 0.500. The van der Waals surface area contributed by atoms with Gasteiger partial charge in [0, 0.05) is 32.5 Å². The molecule has 0 aliphatic carbocycles. The van der Waals surface area contributed by atoms with Gasteiger partial charge >= 0.3 is 0 Å². The molecule has 112 valence electrons. The molecule has 0 saturated carbocycles. The van der Waals surface area contributed by atoms with Gasteiger partial charge in [0.25, 0.3) is 5.56 Å². The molecule has 7 heteroatoms. The Kier molecular flexibility index (Phi) is 3.84. The first-order valence-corrected chi connectivity index (χ1v) is 7.81. The molecule has 1 saturated heterocycles. The zero-order chi connectivity index (χ0) is 15.0. The molecule has 6 nitrogen and oxygen atoms in total. The third-order valence-corrected chi connectivity index (χ3v) is 4.97. The molecule has 0 aromatic carbocycles. The Balaban J connectivity index is 1.90. The van der Waals surface area contributed by atoms with E-state index in [2.05, 4.69) is 42.4 Å². The number of rotatable bonds is 2. The Labute approximate surface area is 131 Å². The molecule has 0 bridgehead atoms. The standard InChI is InChI=1S/C14H18BrN5O/c1-10-3-5-19(8-12(10)20-6-4-16-9-20)11-7-17-18(2)14(21)13(11)15/h4,6-7,9-10,12H,3,5,8H2,1-2H3. The highest BCUT2D eigenvalue weighted by Crippen LogP contribution is 2.32. The van der Waals surface area contributed by atoms with E-state index in [0.29, 0.717) is 16.4 Å². The van der Waals surface area contributed by atoms with Crippen LogP contribution in [0.15, 0.2) is 34.2 Å². The lowest BCUT2D eigenvalue weighted by atomic mass is 9.93. The second kappa shape index (κ2) is 5.63. The maximum Gasteiger partial charge on any atom is 0.282 e. The van der Waals surface area contributed by atoms with Crippen LogP contribution in [0, 0.1) is 5.92 Å². The van der Waals surface area contributed by atoms with Gasteiger partial charge in [-0.25, -0.2) is 9.67 Å². The van der Waals surface area contributed by atoms with Crippen LogP contribution in [0.5, 0.6) is 0 Å². The molecule has 1 aliphatic rings. The van der Waals surface area contributed by atoms with Crippen LogP contribution in [0.4, 0.5) is 5.69 Å². The number of aromatic nitrogens is 4. The normalized spacial score (nSPS) is 22.5. The molecule has 2 atom stereocenters. The zero-order valence-corrected chi connectivity index (χ0v) is 13.7. The highest BCUT2D eigenvalue weighted by molar-refractivity contribution is 9.10. The highest BCUT2D eigenvalue weighted by Gasteiger charge is 2.28. The number of hydrogen-bond acceptors (Lipinski definition) is 4. The molecule has 0 amide bonds. The summed E-state index contributed by atoms with van der Waals surface area (Å²) in [6.07, 6.45) is 8.50.